The van der Waals surface area contributed by atoms with Gasteiger partial charge >= 0.3 is 0 Å². The fourth-order valence-corrected chi connectivity index (χ4v) is 2.69. The van der Waals surface area contributed by atoms with E-state index in [9.17, 15) is 9.59 Å². The quantitative estimate of drug-likeness (QED) is 0.305. The second kappa shape index (κ2) is 13.5. The second-order valence-corrected chi connectivity index (χ2v) is 6.81. The number of carbonyl (C=O) groups excluding carboxylic acids is 2. The molecule has 0 saturated carbocycles. The highest BCUT2D eigenvalue weighted by Crippen LogP contribution is 2.38. The standard InChI is InChI=1S/C18H21NO4.C5H11N3O2/c1-20-15-8-7-12(9-14(15)19)5-6-13-10-16(21-2)18(23-4)17(11-13)22-3;6-3(5(8)10)1-2-4(7)9/h5-11H,19H2,1-4H3;3H,1-2,6H2,(H2,7,9)(H2,8,10)/b6-5-;/t;3-/m.0/s1. The van der Waals surface area contributed by atoms with E-state index >= 15 is 0 Å². The van der Waals surface area contributed by atoms with E-state index in [0.717, 1.165) is 11.1 Å². The molecule has 2 rings (SSSR count). The first-order valence-corrected chi connectivity index (χ1v) is 9.91. The van der Waals surface area contributed by atoms with E-state index in [4.69, 9.17) is 41.9 Å². The van der Waals surface area contributed by atoms with Gasteiger partial charge in [0.1, 0.15) is 5.75 Å². The highest BCUT2D eigenvalue weighted by atomic mass is 16.5. The molecule has 0 saturated heterocycles. The molecule has 0 heterocycles. The first-order valence-electron chi connectivity index (χ1n) is 9.91. The minimum absolute atomic E-state index is 0.101. The van der Waals surface area contributed by atoms with Gasteiger partial charge in [-0.1, -0.05) is 18.2 Å². The second-order valence-electron chi connectivity index (χ2n) is 6.81. The predicted molar refractivity (Wildman–Crippen MR) is 128 cm³/mol. The lowest BCUT2D eigenvalue weighted by atomic mass is 10.1. The molecular formula is C23H32N4O6. The van der Waals surface area contributed by atoms with E-state index < -0.39 is 17.9 Å². The molecule has 0 bridgehead atoms. The van der Waals surface area contributed by atoms with E-state index in [0.29, 0.717) is 28.7 Å². The Labute approximate surface area is 193 Å². The third kappa shape index (κ3) is 8.62. The van der Waals surface area contributed by atoms with Crippen molar-refractivity contribution < 1.29 is 28.5 Å². The van der Waals surface area contributed by atoms with Crippen LogP contribution in [0.3, 0.4) is 0 Å². The number of carbonyl (C=O) groups is 2. The van der Waals surface area contributed by atoms with Crippen molar-refractivity contribution in [2.24, 2.45) is 17.2 Å². The van der Waals surface area contributed by atoms with Crippen LogP contribution in [0.25, 0.3) is 12.2 Å². The molecule has 0 aliphatic carbocycles. The molecule has 8 N–H and O–H groups in total. The van der Waals surface area contributed by atoms with Crippen LogP contribution in [0.2, 0.25) is 0 Å². The Morgan fingerprint density at radius 1 is 0.848 bits per heavy atom. The summed E-state index contributed by atoms with van der Waals surface area (Å²) in [5.74, 6) is 1.37. The van der Waals surface area contributed by atoms with E-state index in [1.165, 1.54) is 0 Å². The first kappa shape index (κ1) is 27.1. The summed E-state index contributed by atoms with van der Waals surface area (Å²) in [7, 11) is 6.36. The zero-order valence-electron chi connectivity index (χ0n) is 19.3. The predicted octanol–water partition coefficient (Wildman–Crippen LogP) is 1.54. The molecule has 0 aliphatic heterocycles. The molecule has 2 amide bonds. The third-order valence-corrected chi connectivity index (χ3v) is 4.48. The Balaban J connectivity index is 0.000000461. The lowest BCUT2D eigenvalue weighted by molar-refractivity contribution is -0.120. The highest BCUT2D eigenvalue weighted by molar-refractivity contribution is 5.81. The highest BCUT2D eigenvalue weighted by Gasteiger charge is 2.12. The Morgan fingerprint density at radius 3 is 1.82 bits per heavy atom. The van der Waals surface area contributed by atoms with Gasteiger partial charge in [0.05, 0.1) is 40.2 Å². The molecule has 2 aromatic rings. The molecule has 2 aromatic carbocycles. The molecule has 10 nitrogen and oxygen atoms in total. The number of hydrogen-bond donors (Lipinski definition) is 4. The summed E-state index contributed by atoms with van der Waals surface area (Å²) in [6.07, 6.45) is 4.23. The van der Waals surface area contributed by atoms with Crippen molar-refractivity contribution in [1.82, 2.24) is 0 Å². The van der Waals surface area contributed by atoms with E-state index in [1.807, 2.05) is 42.5 Å². The van der Waals surface area contributed by atoms with Crippen molar-refractivity contribution in [3.63, 3.8) is 0 Å². The number of methoxy groups -OCH3 is 4. The largest absolute Gasteiger partial charge is 0.495 e. The van der Waals surface area contributed by atoms with Crippen molar-refractivity contribution in [3.8, 4) is 23.0 Å². The molecule has 1 atom stereocenters. The normalized spacial score (nSPS) is 11.2. The molecule has 0 spiro atoms. The molecule has 10 heteroatoms. The van der Waals surface area contributed by atoms with Gasteiger partial charge in [-0.2, -0.15) is 0 Å². The van der Waals surface area contributed by atoms with Gasteiger partial charge in [0.2, 0.25) is 17.6 Å². The fourth-order valence-electron chi connectivity index (χ4n) is 2.69. The number of benzene rings is 2. The van der Waals surface area contributed by atoms with E-state index in [-0.39, 0.29) is 12.8 Å². The van der Waals surface area contributed by atoms with Gasteiger partial charge in [0.25, 0.3) is 0 Å². The molecular weight excluding hydrogens is 428 g/mol. The Morgan fingerprint density at radius 2 is 1.39 bits per heavy atom. The van der Waals surface area contributed by atoms with Crippen molar-refractivity contribution in [3.05, 3.63) is 41.5 Å². The maximum atomic E-state index is 10.3. The summed E-state index contributed by atoms with van der Waals surface area (Å²) in [4.78, 5) is 20.4. The van der Waals surface area contributed by atoms with E-state index in [2.05, 4.69) is 0 Å². The molecule has 0 radical (unpaired) electrons. The summed E-state index contributed by atoms with van der Waals surface area (Å²) in [6, 6.07) is 8.63. The van der Waals surface area contributed by atoms with Crippen LogP contribution in [0.4, 0.5) is 5.69 Å². The zero-order chi connectivity index (χ0) is 25.0. The Bertz CT molecular complexity index is 952. The van der Waals surface area contributed by atoms with Gasteiger partial charge < -0.3 is 41.9 Å². The SMILES string of the molecule is COc1ccc(/C=C\c2cc(OC)c(OC)c(OC)c2)cc1N.NC(=O)CC[C@H](N)C(N)=O. The van der Waals surface area contributed by atoms with Gasteiger partial charge in [-0.15, -0.1) is 0 Å². The molecule has 0 aromatic heterocycles. The lowest BCUT2D eigenvalue weighted by Gasteiger charge is -2.12. The number of hydrogen-bond acceptors (Lipinski definition) is 8. The number of anilines is 1. The Hall–Kier alpha value is -3.92. The van der Waals surface area contributed by atoms with Crippen molar-refractivity contribution in [1.29, 1.82) is 0 Å². The van der Waals surface area contributed by atoms with Crippen LogP contribution >= 0.6 is 0 Å². The van der Waals surface area contributed by atoms with Crippen LogP contribution in [-0.4, -0.2) is 46.3 Å². The molecule has 33 heavy (non-hydrogen) atoms. The topological polar surface area (TPSA) is 175 Å². The van der Waals surface area contributed by atoms with Gasteiger partial charge in [0.15, 0.2) is 11.5 Å². The lowest BCUT2D eigenvalue weighted by Crippen LogP contribution is -2.37. The van der Waals surface area contributed by atoms with Gasteiger partial charge in [0, 0.05) is 6.42 Å². The zero-order valence-corrected chi connectivity index (χ0v) is 19.3. The maximum Gasteiger partial charge on any atom is 0.234 e. The van der Waals surface area contributed by atoms with Gasteiger partial charge in [-0.25, -0.2) is 0 Å². The first-order chi connectivity index (χ1) is 15.7. The van der Waals surface area contributed by atoms with Gasteiger partial charge in [-0.3, -0.25) is 9.59 Å². The monoisotopic (exact) mass is 460 g/mol. The van der Waals surface area contributed by atoms with Crippen LogP contribution in [0.15, 0.2) is 30.3 Å². The molecule has 0 aliphatic rings. The average molecular weight is 461 g/mol. The summed E-state index contributed by atoms with van der Waals surface area (Å²) in [6.45, 7) is 0. The summed E-state index contributed by atoms with van der Waals surface area (Å²) < 4.78 is 21.2. The van der Waals surface area contributed by atoms with Gasteiger partial charge in [-0.05, 0) is 41.8 Å². The minimum atomic E-state index is -0.757. The summed E-state index contributed by atoms with van der Waals surface area (Å²) >= 11 is 0. The van der Waals surface area contributed by atoms with Crippen LogP contribution in [-0.2, 0) is 9.59 Å². The molecule has 0 unspecified atom stereocenters. The van der Waals surface area contributed by atoms with Crippen molar-refractivity contribution >= 4 is 29.7 Å². The number of ether oxygens (including phenoxy) is 4. The number of primary amides is 2. The van der Waals surface area contributed by atoms with Crippen LogP contribution in [0.5, 0.6) is 23.0 Å². The number of rotatable bonds is 10. The average Bonchev–Trinajstić information content (AvgIpc) is 2.80. The molecule has 180 valence electrons. The van der Waals surface area contributed by atoms with E-state index in [1.54, 1.807) is 28.4 Å². The molecule has 0 fully saturated rings. The third-order valence-electron chi connectivity index (χ3n) is 4.48. The Kier molecular flexibility index (Phi) is 11.1. The minimum Gasteiger partial charge on any atom is -0.495 e. The van der Waals surface area contributed by atoms with Crippen LogP contribution < -0.4 is 41.9 Å². The summed E-state index contributed by atoms with van der Waals surface area (Å²) in [5.41, 5.74) is 23.2. The number of amides is 2. The summed E-state index contributed by atoms with van der Waals surface area (Å²) in [5, 5.41) is 0. The maximum absolute atomic E-state index is 10.3. The fraction of sp³-hybridized carbons (Fsp3) is 0.304. The smallest absolute Gasteiger partial charge is 0.234 e. The van der Waals surface area contributed by atoms with Crippen molar-refractivity contribution in [2.75, 3.05) is 34.2 Å². The number of nitrogen functional groups attached to an aromatic ring is 1. The van der Waals surface area contributed by atoms with Crippen molar-refractivity contribution in [2.45, 2.75) is 18.9 Å². The van der Waals surface area contributed by atoms with Crippen LogP contribution in [0, 0.1) is 0 Å². The van der Waals surface area contributed by atoms with Crippen LogP contribution in [0.1, 0.15) is 24.0 Å². The number of nitrogens with two attached hydrogens (primary N) is 4.